The minimum atomic E-state index is -0.449. The van der Waals surface area contributed by atoms with Gasteiger partial charge in [-0.15, -0.1) is 0 Å². The van der Waals surface area contributed by atoms with Crippen LogP contribution >= 0.6 is 0 Å². The van der Waals surface area contributed by atoms with Crippen molar-refractivity contribution < 1.29 is 28.5 Å². The minimum absolute atomic E-state index is 0.0299. The van der Waals surface area contributed by atoms with Crippen LogP contribution in [0.2, 0.25) is 0 Å². The summed E-state index contributed by atoms with van der Waals surface area (Å²) in [5.74, 6) is 1.64. The van der Waals surface area contributed by atoms with E-state index in [1.165, 1.54) is 0 Å². The number of Topliss-reactive ketones (excluding diaryl/α,β-unsaturated/α-hetero) is 1. The van der Waals surface area contributed by atoms with Crippen LogP contribution in [0.3, 0.4) is 0 Å². The van der Waals surface area contributed by atoms with Crippen LogP contribution in [0.4, 0.5) is 5.69 Å². The van der Waals surface area contributed by atoms with Crippen molar-refractivity contribution in [1.82, 2.24) is 0 Å². The standard InChI is InChI=1S/C31H31NO6/c1-35-22-15-21(16-23(17-22)36-2)32-26-13-20(19-9-6-5-7-10-19)14-27(33)30(26)25(18-29(32)34)24-11-8-12-28(37-3)31(24)38-4/h5-12,15-17,20,25H,13-14,18H2,1-4H3. The second kappa shape index (κ2) is 10.6. The van der Waals surface area contributed by atoms with Crippen LogP contribution in [0.25, 0.3) is 0 Å². The maximum atomic E-state index is 14.0. The lowest BCUT2D eigenvalue weighted by atomic mass is 9.72. The first-order chi connectivity index (χ1) is 18.5. The zero-order valence-corrected chi connectivity index (χ0v) is 22.0. The largest absolute Gasteiger partial charge is 0.497 e. The number of hydrogen-bond acceptors (Lipinski definition) is 6. The zero-order chi connectivity index (χ0) is 26.8. The van der Waals surface area contributed by atoms with E-state index >= 15 is 0 Å². The molecule has 1 aliphatic carbocycles. The average Bonchev–Trinajstić information content (AvgIpc) is 2.96. The van der Waals surface area contributed by atoms with Crippen LogP contribution in [-0.4, -0.2) is 40.1 Å². The van der Waals surface area contributed by atoms with E-state index in [4.69, 9.17) is 18.9 Å². The summed E-state index contributed by atoms with van der Waals surface area (Å²) in [5, 5.41) is 0. The molecular formula is C31H31NO6. The maximum Gasteiger partial charge on any atom is 0.232 e. The maximum absolute atomic E-state index is 14.0. The second-order valence-electron chi connectivity index (χ2n) is 9.44. The van der Waals surface area contributed by atoms with Gasteiger partial charge in [0.05, 0.1) is 34.1 Å². The summed E-state index contributed by atoms with van der Waals surface area (Å²) in [4.78, 5) is 29.6. The van der Waals surface area contributed by atoms with Gasteiger partial charge in [-0.25, -0.2) is 0 Å². The molecule has 0 saturated carbocycles. The van der Waals surface area contributed by atoms with Crippen molar-refractivity contribution in [2.75, 3.05) is 33.3 Å². The van der Waals surface area contributed by atoms with E-state index in [9.17, 15) is 9.59 Å². The molecule has 0 spiro atoms. The topological polar surface area (TPSA) is 74.3 Å². The molecule has 7 nitrogen and oxygen atoms in total. The van der Waals surface area contributed by atoms with E-state index in [1.54, 1.807) is 51.5 Å². The van der Waals surface area contributed by atoms with Gasteiger partial charge in [-0.1, -0.05) is 42.5 Å². The number of ether oxygens (including phenoxy) is 4. The van der Waals surface area contributed by atoms with Gasteiger partial charge in [0.25, 0.3) is 0 Å². The lowest BCUT2D eigenvalue weighted by molar-refractivity contribution is -0.120. The van der Waals surface area contributed by atoms with E-state index in [0.717, 1.165) is 11.1 Å². The fourth-order valence-electron chi connectivity index (χ4n) is 5.67. The Hall–Kier alpha value is -4.26. The number of carbonyl (C=O) groups excluding carboxylic acids is 2. The number of amides is 1. The Labute approximate surface area is 222 Å². The van der Waals surface area contributed by atoms with Crippen LogP contribution in [0, 0.1) is 0 Å². The second-order valence-corrected chi connectivity index (χ2v) is 9.44. The number of anilines is 1. The average molecular weight is 514 g/mol. The normalized spacial score (nSPS) is 19.2. The number of benzene rings is 3. The number of ketones is 1. The molecule has 38 heavy (non-hydrogen) atoms. The summed E-state index contributed by atoms with van der Waals surface area (Å²) >= 11 is 0. The molecular weight excluding hydrogens is 482 g/mol. The molecule has 5 rings (SSSR count). The van der Waals surface area contributed by atoms with Crippen molar-refractivity contribution in [3.05, 3.63) is 89.1 Å². The third kappa shape index (κ3) is 4.49. The lowest BCUT2D eigenvalue weighted by Crippen LogP contribution is -2.42. The monoisotopic (exact) mass is 513 g/mol. The third-order valence-electron chi connectivity index (χ3n) is 7.40. The van der Waals surface area contributed by atoms with E-state index in [2.05, 4.69) is 0 Å². The highest BCUT2D eigenvalue weighted by molar-refractivity contribution is 6.08. The highest BCUT2D eigenvalue weighted by Crippen LogP contribution is 2.50. The SMILES string of the molecule is COc1cc(OC)cc(N2C(=O)CC(c3cccc(OC)c3OC)C3=C2CC(c2ccccc2)CC3=O)c1. The van der Waals surface area contributed by atoms with Crippen molar-refractivity contribution >= 4 is 17.4 Å². The van der Waals surface area contributed by atoms with Gasteiger partial charge in [0, 0.05) is 53.8 Å². The molecule has 7 heteroatoms. The summed E-state index contributed by atoms with van der Waals surface area (Å²) in [7, 11) is 6.29. The van der Waals surface area contributed by atoms with Crippen molar-refractivity contribution in [1.29, 1.82) is 0 Å². The molecule has 3 aromatic carbocycles. The molecule has 196 valence electrons. The van der Waals surface area contributed by atoms with Gasteiger partial charge >= 0.3 is 0 Å². The van der Waals surface area contributed by atoms with Gasteiger partial charge in [0.15, 0.2) is 17.3 Å². The number of rotatable bonds is 7. The Morgan fingerprint density at radius 1 is 0.737 bits per heavy atom. The smallest absolute Gasteiger partial charge is 0.232 e. The Kier molecular flexibility index (Phi) is 7.09. The molecule has 1 heterocycles. The summed E-state index contributed by atoms with van der Waals surface area (Å²) in [6, 6.07) is 20.9. The molecule has 1 aliphatic heterocycles. The zero-order valence-electron chi connectivity index (χ0n) is 22.0. The quantitative estimate of drug-likeness (QED) is 0.407. The minimum Gasteiger partial charge on any atom is -0.497 e. The molecule has 0 bridgehead atoms. The fraction of sp³-hybridized carbons (Fsp3) is 0.290. The molecule has 1 amide bonds. The summed E-state index contributed by atoms with van der Waals surface area (Å²) in [6.07, 6.45) is 1.03. The predicted octanol–water partition coefficient (Wildman–Crippen LogP) is 5.64. The molecule has 0 N–H and O–H groups in total. The first-order valence-corrected chi connectivity index (χ1v) is 12.6. The van der Waals surface area contributed by atoms with Crippen LogP contribution in [-0.2, 0) is 9.59 Å². The van der Waals surface area contributed by atoms with Gasteiger partial charge in [0.2, 0.25) is 5.91 Å². The fourth-order valence-corrected chi connectivity index (χ4v) is 5.67. The summed E-state index contributed by atoms with van der Waals surface area (Å²) in [5.41, 5.74) is 3.80. The molecule has 0 aromatic heterocycles. The van der Waals surface area contributed by atoms with Gasteiger partial charge in [-0.2, -0.15) is 0 Å². The highest BCUT2D eigenvalue weighted by atomic mass is 16.5. The number of hydrogen-bond donors (Lipinski definition) is 0. The molecule has 3 aromatic rings. The van der Waals surface area contributed by atoms with E-state index in [0.29, 0.717) is 52.8 Å². The highest BCUT2D eigenvalue weighted by Gasteiger charge is 2.43. The van der Waals surface area contributed by atoms with Crippen molar-refractivity contribution in [2.45, 2.75) is 31.1 Å². The summed E-state index contributed by atoms with van der Waals surface area (Å²) < 4.78 is 22.2. The third-order valence-corrected chi connectivity index (χ3v) is 7.40. The van der Waals surface area contributed by atoms with Crippen LogP contribution < -0.4 is 23.8 Å². The van der Waals surface area contributed by atoms with Crippen LogP contribution in [0.1, 0.15) is 42.2 Å². The summed E-state index contributed by atoms with van der Waals surface area (Å²) in [6.45, 7) is 0. The Morgan fingerprint density at radius 2 is 1.45 bits per heavy atom. The van der Waals surface area contributed by atoms with Crippen molar-refractivity contribution in [3.8, 4) is 23.0 Å². The number of nitrogens with zero attached hydrogens (tertiary/aromatic N) is 1. The first kappa shape index (κ1) is 25.4. The molecule has 0 saturated heterocycles. The van der Waals surface area contributed by atoms with Gasteiger partial charge in [-0.05, 0) is 24.0 Å². The Morgan fingerprint density at radius 3 is 2.08 bits per heavy atom. The lowest BCUT2D eigenvalue weighted by Gasteiger charge is -2.41. The molecule has 2 atom stereocenters. The van der Waals surface area contributed by atoms with Crippen molar-refractivity contribution in [2.24, 2.45) is 0 Å². The Balaban J connectivity index is 1.71. The number of carbonyl (C=O) groups is 2. The van der Waals surface area contributed by atoms with Gasteiger partial charge in [-0.3, -0.25) is 14.5 Å². The first-order valence-electron chi connectivity index (χ1n) is 12.6. The van der Waals surface area contributed by atoms with E-state index in [1.807, 2.05) is 48.5 Å². The van der Waals surface area contributed by atoms with Crippen LogP contribution in [0.15, 0.2) is 78.0 Å². The number of para-hydroxylation sites is 1. The van der Waals surface area contributed by atoms with Crippen LogP contribution in [0.5, 0.6) is 23.0 Å². The number of allylic oxidation sites excluding steroid dienone is 2. The molecule has 0 radical (unpaired) electrons. The van der Waals surface area contributed by atoms with Gasteiger partial charge < -0.3 is 18.9 Å². The molecule has 2 aliphatic rings. The Bertz CT molecular complexity index is 1370. The molecule has 0 fully saturated rings. The van der Waals surface area contributed by atoms with E-state index in [-0.39, 0.29) is 24.0 Å². The predicted molar refractivity (Wildman–Crippen MR) is 144 cm³/mol. The molecule has 2 unspecified atom stereocenters. The van der Waals surface area contributed by atoms with Gasteiger partial charge in [0.1, 0.15) is 11.5 Å². The van der Waals surface area contributed by atoms with E-state index < -0.39 is 5.92 Å². The number of methoxy groups -OCH3 is 4. The van der Waals surface area contributed by atoms with Crippen molar-refractivity contribution in [3.63, 3.8) is 0 Å².